The molecule has 4 nitrogen and oxygen atoms in total. The molecule has 1 aliphatic heterocycles. The number of anilines is 1. The van der Waals surface area contributed by atoms with E-state index in [1.54, 1.807) is 0 Å². The molecule has 5 heteroatoms. The predicted molar refractivity (Wildman–Crippen MR) is 133 cm³/mol. The van der Waals surface area contributed by atoms with Crippen LogP contribution in [0, 0.1) is 6.92 Å². The first-order valence-corrected chi connectivity index (χ1v) is 12.2. The number of nitrogens with one attached hydrogen (secondary N) is 1. The molecule has 31 heavy (non-hydrogen) atoms. The summed E-state index contributed by atoms with van der Waals surface area (Å²) >= 11 is 0. The summed E-state index contributed by atoms with van der Waals surface area (Å²) in [6.07, 6.45) is 15.7. The van der Waals surface area contributed by atoms with Crippen LogP contribution in [0.3, 0.4) is 0 Å². The number of aryl methyl sites for hydroxylation is 1. The van der Waals surface area contributed by atoms with Gasteiger partial charge in [-0.3, -0.25) is 4.39 Å². The van der Waals surface area contributed by atoms with E-state index in [2.05, 4.69) is 73.3 Å². The fraction of sp³-hybridized carbons (Fsp3) is 0.692. The van der Waals surface area contributed by atoms with Gasteiger partial charge < -0.3 is 10.2 Å². The molecule has 0 bridgehead atoms. The third-order valence-electron chi connectivity index (χ3n) is 6.45. The molecule has 0 spiro atoms. The van der Waals surface area contributed by atoms with Crippen LogP contribution in [0.2, 0.25) is 0 Å². The van der Waals surface area contributed by atoms with Crippen molar-refractivity contribution in [3.63, 3.8) is 0 Å². The van der Waals surface area contributed by atoms with Gasteiger partial charge in [0.15, 0.2) is 5.82 Å². The second-order valence-corrected chi connectivity index (χ2v) is 8.26. The van der Waals surface area contributed by atoms with Crippen LogP contribution in [-0.4, -0.2) is 40.9 Å². The van der Waals surface area contributed by atoms with Crippen molar-refractivity contribution in [3.05, 3.63) is 27.9 Å². The van der Waals surface area contributed by atoms with E-state index in [9.17, 15) is 4.39 Å². The van der Waals surface area contributed by atoms with Gasteiger partial charge >= 0.3 is 0 Å². The van der Waals surface area contributed by atoms with E-state index in [1.165, 1.54) is 37.8 Å². The Kier molecular flexibility index (Phi) is 12.4. The maximum absolute atomic E-state index is 11.3. The van der Waals surface area contributed by atoms with Crippen molar-refractivity contribution in [2.45, 2.75) is 98.4 Å². The lowest BCUT2D eigenvalue weighted by Crippen LogP contribution is -2.58. The van der Waals surface area contributed by atoms with Crippen molar-refractivity contribution in [2.24, 2.45) is 0 Å². The number of likely N-dealkylation sites (tertiary alicyclic amines) is 1. The third kappa shape index (κ3) is 7.05. The molecule has 0 atom stereocenters. The average Bonchev–Trinajstić information content (AvgIpc) is 2.75. The Morgan fingerprint density at radius 3 is 2.26 bits per heavy atom. The van der Waals surface area contributed by atoms with Crippen LogP contribution in [0.25, 0.3) is 12.2 Å². The molecule has 1 aliphatic rings. The molecule has 0 amide bonds. The van der Waals surface area contributed by atoms with Crippen LogP contribution in [0.4, 0.5) is 10.2 Å². The number of allylic oxidation sites excluding steroid dienone is 2. The molecule has 2 heterocycles. The van der Waals surface area contributed by atoms with Crippen molar-refractivity contribution in [3.8, 4) is 0 Å². The molecule has 1 N–H and O–H groups in total. The quantitative estimate of drug-likeness (QED) is 0.496. The van der Waals surface area contributed by atoms with E-state index in [0.29, 0.717) is 5.54 Å². The first kappa shape index (κ1) is 27.1. The van der Waals surface area contributed by atoms with Gasteiger partial charge in [-0.15, -0.1) is 5.10 Å². The van der Waals surface area contributed by atoms with Gasteiger partial charge in [0.2, 0.25) is 0 Å². The fourth-order valence-electron chi connectivity index (χ4n) is 4.30. The molecule has 1 saturated heterocycles. The highest BCUT2D eigenvalue weighted by atomic mass is 19.1. The van der Waals surface area contributed by atoms with Gasteiger partial charge in [0.1, 0.15) is 0 Å². The Morgan fingerprint density at radius 2 is 1.81 bits per heavy atom. The van der Waals surface area contributed by atoms with E-state index in [4.69, 9.17) is 0 Å². The van der Waals surface area contributed by atoms with E-state index in [-0.39, 0.29) is 6.67 Å². The van der Waals surface area contributed by atoms with E-state index < -0.39 is 0 Å². The van der Waals surface area contributed by atoms with Gasteiger partial charge in [-0.2, -0.15) is 5.10 Å². The second kappa shape index (κ2) is 14.2. The first-order valence-electron chi connectivity index (χ1n) is 12.2. The fourth-order valence-corrected chi connectivity index (χ4v) is 4.30. The molecule has 1 aromatic heterocycles. The monoisotopic (exact) mass is 432 g/mol. The van der Waals surface area contributed by atoms with Crippen molar-refractivity contribution in [1.29, 1.82) is 0 Å². The lowest BCUT2D eigenvalue weighted by molar-refractivity contribution is 0.0178. The highest BCUT2D eigenvalue weighted by molar-refractivity contribution is 5.55. The van der Waals surface area contributed by atoms with Crippen molar-refractivity contribution in [1.82, 2.24) is 15.1 Å². The summed E-state index contributed by atoms with van der Waals surface area (Å²) in [5.41, 5.74) is 2.61. The zero-order valence-electron chi connectivity index (χ0n) is 21.0. The molecule has 2 rings (SSSR count). The summed E-state index contributed by atoms with van der Waals surface area (Å²) in [6, 6.07) is 0. The van der Waals surface area contributed by atoms with Crippen molar-refractivity contribution < 1.29 is 4.39 Å². The Balaban J connectivity index is 0.000000592. The van der Waals surface area contributed by atoms with E-state index >= 15 is 0 Å². The van der Waals surface area contributed by atoms with E-state index in [1.807, 2.05) is 14.0 Å². The Morgan fingerprint density at radius 1 is 1.10 bits per heavy atom. The Labute approximate surface area is 189 Å². The van der Waals surface area contributed by atoms with Gasteiger partial charge in [-0.05, 0) is 52.0 Å². The summed E-state index contributed by atoms with van der Waals surface area (Å²) in [5.74, 6) is 0.842. The molecule has 0 unspecified atom stereocenters. The molecule has 0 radical (unpaired) electrons. The van der Waals surface area contributed by atoms with Crippen LogP contribution in [-0.2, 0) is 0 Å². The van der Waals surface area contributed by atoms with Gasteiger partial charge in [0.25, 0.3) is 0 Å². The maximum atomic E-state index is 11.3. The van der Waals surface area contributed by atoms with Crippen LogP contribution in [0.5, 0.6) is 0 Å². The summed E-state index contributed by atoms with van der Waals surface area (Å²) in [7, 11) is 1.91. The smallest absolute Gasteiger partial charge is 0.156 e. The molecule has 176 valence electrons. The number of halogens is 1. The number of rotatable bonds is 10. The molecule has 1 aromatic rings. The minimum absolute atomic E-state index is 0.139. The van der Waals surface area contributed by atoms with Crippen LogP contribution >= 0.6 is 0 Å². The van der Waals surface area contributed by atoms with Crippen LogP contribution < -0.4 is 15.8 Å². The zero-order chi connectivity index (χ0) is 23.3. The van der Waals surface area contributed by atoms with Gasteiger partial charge in [-0.25, -0.2) is 0 Å². The highest BCUT2D eigenvalue weighted by Gasteiger charge is 2.41. The minimum atomic E-state index is -0.139. The molecule has 0 saturated carbocycles. The zero-order valence-corrected chi connectivity index (χ0v) is 21.0. The number of alkyl halides is 1. The molecule has 1 fully saturated rings. The van der Waals surface area contributed by atoms with Gasteiger partial charge in [0, 0.05) is 35.3 Å². The number of aromatic nitrogens is 2. The first-order chi connectivity index (χ1) is 15.0. The number of hydrogen-bond donors (Lipinski definition) is 1. The molecule has 0 aliphatic carbocycles. The Bertz CT molecular complexity index is 787. The normalized spacial score (nSPS) is 16.6. The molecular formula is C26H45FN4. The lowest BCUT2D eigenvalue weighted by Gasteiger charge is -2.54. The number of hydrogen-bond acceptors (Lipinski definition) is 4. The van der Waals surface area contributed by atoms with E-state index in [0.717, 1.165) is 47.8 Å². The number of nitrogens with zero attached hydrogens (tertiary/aromatic N) is 3. The summed E-state index contributed by atoms with van der Waals surface area (Å²) in [6.45, 7) is 14.0. The Hall–Kier alpha value is -1.91. The summed E-state index contributed by atoms with van der Waals surface area (Å²) < 4.78 is 11.3. The average molecular weight is 433 g/mol. The lowest BCUT2D eigenvalue weighted by atomic mass is 9.79. The SMILES string of the molecule is C/C=c1/c(C)nnc(NC)/c1=C/C(=C/CC)N1CCC1(CC)CC.CCCCCCF. The largest absolute Gasteiger partial charge is 0.371 e. The third-order valence-corrected chi connectivity index (χ3v) is 6.45. The van der Waals surface area contributed by atoms with Crippen LogP contribution in [0.15, 0.2) is 11.8 Å². The summed E-state index contributed by atoms with van der Waals surface area (Å²) in [5, 5.41) is 14.1. The summed E-state index contributed by atoms with van der Waals surface area (Å²) in [4.78, 5) is 2.59. The van der Waals surface area contributed by atoms with Crippen molar-refractivity contribution >= 4 is 18.0 Å². The molecule has 0 aromatic carbocycles. The maximum Gasteiger partial charge on any atom is 0.156 e. The topological polar surface area (TPSA) is 41.1 Å². The second-order valence-electron chi connectivity index (χ2n) is 8.26. The van der Waals surface area contributed by atoms with Crippen molar-refractivity contribution in [2.75, 3.05) is 25.6 Å². The van der Waals surface area contributed by atoms with Gasteiger partial charge in [0.05, 0.1) is 12.4 Å². The minimum Gasteiger partial charge on any atom is -0.371 e. The van der Waals surface area contributed by atoms with Crippen LogP contribution in [0.1, 0.15) is 91.7 Å². The number of unbranched alkanes of at least 4 members (excludes halogenated alkanes) is 3. The highest BCUT2D eigenvalue weighted by Crippen LogP contribution is 2.40. The predicted octanol–water partition coefficient (Wildman–Crippen LogP) is 5.50. The van der Waals surface area contributed by atoms with Gasteiger partial charge in [-0.1, -0.05) is 59.1 Å². The molecular weight excluding hydrogens is 387 g/mol. The standard InChI is InChI=1S/C20H32N4.C6H13F/c1-7-11-16(24-13-12-20(24,9-3)10-4)14-18-17(8-2)15(5)22-23-19(18)21-6;1-2-3-4-5-6-7/h8,11,14H,7,9-10,12-13H2,1-6H3,(H,21,23);2-6H2,1H3/b16-11-,17-8-,18-14+;.